The first-order valence-corrected chi connectivity index (χ1v) is 3.31. The molecule has 0 saturated carbocycles. The zero-order chi connectivity index (χ0) is 8.27. The molecule has 0 aliphatic carbocycles. The molecule has 0 atom stereocenters. The highest BCUT2D eigenvalue weighted by atomic mass is 35.5. The molecule has 5 heteroatoms. The Kier molecular flexibility index (Phi) is 4.54. The van der Waals surface area contributed by atoms with Gasteiger partial charge in [0, 0.05) is 7.11 Å². The molecular formula is C7H12ClN3O. The molecule has 4 nitrogen and oxygen atoms in total. The van der Waals surface area contributed by atoms with Gasteiger partial charge in [-0.15, -0.1) is 12.4 Å². The monoisotopic (exact) mass is 189 g/mol. The number of nitrogen functional groups attached to an aromatic ring is 1. The average Bonchev–Trinajstić information content (AvgIpc) is 1.98. The summed E-state index contributed by atoms with van der Waals surface area (Å²) in [6, 6.07) is 0. The van der Waals surface area contributed by atoms with Crippen LogP contribution in [0.15, 0.2) is 6.20 Å². The van der Waals surface area contributed by atoms with Crippen molar-refractivity contribution in [1.29, 1.82) is 0 Å². The first kappa shape index (κ1) is 11.1. The largest absolute Gasteiger partial charge is 0.396 e. The maximum atomic E-state index is 5.52. The molecule has 0 saturated heterocycles. The maximum absolute atomic E-state index is 5.52. The second kappa shape index (κ2) is 4.90. The van der Waals surface area contributed by atoms with E-state index in [2.05, 4.69) is 9.97 Å². The Morgan fingerprint density at radius 2 is 2.25 bits per heavy atom. The summed E-state index contributed by atoms with van der Waals surface area (Å²) in [6.45, 7) is 2.28. The van der Waals surface area contributed by atoms with E-state index in [0.29, 0.717) is 18.1 Å². The van der Waals surface area contributed by atoms with Gasteiger partial charge in [0.05, 0.1) is 17.6 Å². The van der Waals surface area contributed by atoms with E-state index >= 15 is 0 Å². The zero-order valence-electron chi connectivity index (χ0n) is 7.07. The van der Waals surface area contributed by atoms with E-state index < -0.39 is 0 Å². The topological polar surface area (TPSA) is 61.0 Å². The standard InChI is InChI=1S/C7H11N3O.ClH/c1-5-6(8)3-9-7(10-5)4-11-2;/h3H,4,8H2,1-2H3;1H. The van der Waals surface area contributed by atoms with Crippen LogP contribution >= 0.6 is 12.4 Å². The molecule has 68 valence electrons. The van der Waals surface area contributed by atoms with Crippen molar-refractivity contribution in [2.24, 2.45) is 0 Å². The van der Waals surface area contributed by atoms with Crippen LogP contribution in [-0.2, 0) is 11.3 Å². The summed E-state index contributed by atoms with van der Waals surface area (Å²) in [4.78, 5) is 8.07. The van der Waals surface area contributed by atoms with Crippen LogP contribution in [0.3, 0.4) is 0 Å². The SMILES string of the molecule is COCc1ncc(N)c(C)n1.Cl. The fourth-order valence-electron chi connectivity index (χ4n) is 0.723. The van der Waals surface area contributed by atoms with Crippen molar-refractivity contribution < 1.29 is 4.74 Å². The predicted molar refractivity (Wildman–Crippen MR) is 49.1 cm³/mol. The lowest BCUT2D eigenvalue weighted by Crippen LogP contribution is -2.01. The Labute approximate surface area is 77.6 Å². The number of methoxy groups -OCH3 is 1. The second-order valence-corrected chi connectivity index (χ2v) is 2.26. The Hall–Kier alpha value is -0.870. The van der Waals surface area contributed by atoms with E-state index in [0.717, 1.165) is 5.69 Å². The Bertz CT molecular complexity index is 254. The summed E-state index contributed by atoms with van der Waals surface area (Å²) in [5.41, 5.74) is 6.93. The second-order valence-electron chi connectivity index (χ2n) is 2.26. The number of ether oxygens (including phenoxy) is 1. The fraction of sp³-hybridized carbons (Fsp3) is 0.429. The lowest BCUT2D eigenvalue weighted by atomic mass is 10.4. The lowest BCUT2D eigenvalue weighted by molar-refractivity contribution is 0.177. The molecule has 0 fully saturated rings. The number of aryl methyl sites for hydroxylation is 1. The number of anilines is 1. The maximum Gasteiger partial charge on any atom is 0.154 e. The summed E-state index contributed by atoms with van der Waals surface area (Å²) >= 11 is 0. The molecule has 1 heterocycles. The summed E-state index contributed by atoms with van der Waals surface area (Å²) in [6.07, 6.45) is 1.59. The number of nitrogens with zero attached hydrogens (tertiary/aromatic N) is 2. The molecule has 0 spiro atoms. The van der Waals surface area contributed by atoms with Gasteiger partial charge in [0.15, 0.2) is 5.82 Å². The van der Waals surface area contributed by atoms with Crippen LogP contribution in [0, 0.1) is 6.92 Å². The number of aromatic nitrogens is 2. The van der Waals surface area contributed by atoms with Crippen LogP contribution in [0.2, 0.25) is 0 Å². The Morgan fingerprint density at radius 3 is 2.75 bits per heavy atom. The lowest BCUT2D eigenvalue weighted by Gasteiger charge is -2.00. The minimum absolute atomic E-state index is 0. The minimum atomic E-state index is 0. The van der Waals surface area contributed by atoms with Gasteiger partial charge < -0.3 is 10.5 Å². The van der Waals surface area contributed by atoms with Gasteiger partial charge in [-0.1, -0.05) is 0 Å². The summed E-state index contributed by atoms with van der Waals surface area (Å²) in [7, 11) is 1.61. The number of hydrogen-bond donors (Lipinski definition) is 1. The van der Waals surface area contributed by atoms with Crippen molar-refractivity contribution in [2.45, 2.75) is 13.5 Å². The van der Waals surface area contributed by atoms with E-state index in [9.17, 15) is 0 Å². The van der Waals surface area contributed by atoms with Crippen LogP contribution in [0.5, 0.6) is 0 Å². The smallest absolute Gasteiger partial charge is 0.154 e. The molecular weight excluding hydrogens is 178 g/mol. The molecule has 0 amide bonds. The van der Waals surface area contributed by atoms with Crippen LogP contribution in [0.4, 0.5) is 5.69 Å². The van der Waals surface area contributed by atoms with Gasteiger partial charge in [0.2, 0.25) is 0 Å². The molecule has 0 aliphatic heterocycles. The van der Waals surface area contributed by atoms with E-state index in [1.807, 2.05) is 6.92 Å². The van der Waals surface area contributed by atoms with Crippen molar-refractivity contribution in [3.8, 4) is 0 Å². The van der Waals surface area contributed by atoms with Crippen molar-refractivity contribution >= 4 is 18.1 Å². The van der Waals surface area contributed by atoms with Crippen LogP contribution in [0.1, 0.15) is 11.5 Å². The number of hydrogen-bond acceptors (Lipinski definition) is 4. The van der Waals surface area contributed by atoms with E-state index in [1.165, 1.54) is 0 Å². The minimum Gasteiger partial charge on any atom is -0.396 e. The van der Waals surface area contributed by atoms with Crippen LogP contribution < -0.4 is 5.73 Å². The van der Waals surface area contributed by atoms with E-state index in [1.54, 1.807) is 13.3 Å². The summed E-state index contributed by atoms with van der Waals surface area (Å²) in [5, 5.41) is 0. The molecule has 0 aromatic carbocycles. The third-order valence-corrected chi connectivity index (χ3v) is 1.34. The molecule has 1 aromatic rings. The molecule has 0 unspecified atom stereocenters. The molecule has 0 bridgehead atoms. The number of nitrogens with two attached hydrogens (primary N) is 1. The third kappa shape index (κ3) is 2.64. The average molecular weight is 190 g/mol. The molecule has 0 radical (unpaired) electrons. The number of rotatable bonds is 2. The normalized spacial score (nSPS) is 9.17. The van der Waals surface area contributed by atoms with Gasteiger partial charge in [-0.25, -0.2) is 9.97 Å². The molecule has 2 N–H and O–H groups in total. The summed E-state index contributed by atoms with van der Waals surface area (Å²) < 4.78 is 4.86. The van der Waals surface area contributed by atoms with Crippen molar-refractivity contribution in [3.63, 3.8) is 0 Å². The molecule has 1 aromatic heterocycles. The third-order valence-electron chi connectivity index (χ3n) is 1.34. The predicted octanol–water partition coefficient (Wildman–Crippen LogP) is 0.935. The van der Waals surface area contributed by atoms with Gasteiger partial charge in [-0.2, -0.15) is 0 Å². The summed E-state index contributed by atoms with van der Waals surface area (Å²) in [5.74, 6) is 0.666. The van der Waals surface area contributed by atoms with Crippen LogP contribution in [0.25, 0.3) is 0 Å². The Balaban J connectivity index is 0.00000121. The number of halogens is 1. The van der Waals surface area contributed by atoms with Crippen molar-refractivity contribution in [1.82, 2.24) is 9.97 Å². The fourth-order valence-corrected chi connectivity index (χ4v) is 0.723. The van der Waals surface area contributed by atoms with E-state index in [-0.39, 0.29) is 12.4 Å². The first-order chi connectivity index (χ1) is 5.24. The van der Waals surface area contributed by atoms with Gasteiger partial charge >= 0.3 is 0 Å². The first-order valence-electron chi connectivity index (χ1n) is 3.31. The van der Waals surface area contributed by atoms with Gasteiger partial charge in [-0.05, 0) is 6.92 Å². The van der Waals surface area contributed by atoms with Crippen molar-refractivity contribution in [2.75, 3.05) is 12.8 Å². The van der Waals surface area contributed by atoms with Gasteiger partial charge in [-0.3, -0.25) is 0 Å². The molecule has 1 rings (SSSR count). The van der Waals surface area contributed by atoms with Crippen molar-refractivity contribution in [3.05, 3.63) is 17.7 Å². The molecule has 0 aliphatic rings. The Morgan fingerprint density at radius 1 is 1.58 bits per heavy atom. The highest BCUT2D eigenvalue weighted by Gasteiger charge is 1.98. The van der Waals surface area contributed by atoms with E-state index in [4.69, 9.17) is 10.5 Å². The quantitative estimate of drug-likeness (QED) is 0.752. The zero-order valence-corrected chi connectivity index (χ0v) is 7.89. The van der Waals surface area contributed by atoms with Crippen LogP contribution in [-0.4, -0.2) is 17.1 Å². The molecule has 12 heavy (non-hydrogen) atoms. The highest BCUT2D eigenvalue weighted by molar-refractivity contribution is 5.85. The highest BCUT2D eigenvalue weighted by Crippen LogP contribution is 2.04. The van der Waals surface area contributed by atoms with Gasteiger partial charge in [0.25, 0.3) is 0 Å². The van der Waals surface area contributed by atoms with Gasteiger partial charge in [0.1, 0.15) is 6.61 Å².